The van der Waals surface area contributed by atoms with Crippen molar-refractivity contribution in [3.8, 4) is 11.4 Å². The molecule has 2 aromatic heterocycles. The van der Waals surface area contributed by atoms with E-state index in [0.29, 0.717) is 23.3 Å². The Bertz CT molecular complexity index is 1430. The van der Waals surface area contributed by atoms with E-state index >= 15 is 0 Å². The largest absolute Gasteiger partial charge is 0.469 e. The number of carbonyl (C=O) groups is 1. The molecule has 168 valence electrons. The van der Waals surface area contributed by atoms with E-state index in [1.807, 2.05) is 47.9 Å². The molecule has 0 atom stereocenters. The number of nitrogens with zero attached hydrogens (tertiary/aromatic N) is 4. The highest BCUT2D eigenvalue weighted by molar-refractivity contribution is 7.99. The molecule has 0 saturated heterocycles. The van der Waals surface area contributed by atoms with Gasteiger partial charge in [0.05, 0.1) is 23.9 Å². The van der Waals surface area contributed by atoms with Gasteiger partial charge in [0, 0.05) is 12.3 Å². The molecule has 1 aliphatic rings. The third kappa shape index (κ3) is 3.85. The van der Waals surface area contributed by atoms with Gasteiger partial charge in [-0.2, -0.15) is 0 Å². The van der Waals surface area contributed by atoms with Crippen LogP contribution < -0.4 is 0 Å². The molecule has 0 fully saturated rings. The fraction of sp³-hybridized carbons (Fsp3) is 0.174. The van der Waals surface area contributed by atoms with Gasteiger partial charge in [-0.1, -0.05) is 54.2 Å². The van der Waals surface area contributed by atoms with Gasteiger partial charge in [0.2, 0.25) is 0 Å². The maximum absolute atomic E-state index is 12.8. The number of amides is 1. The Morgan fingerprint density at radius 3 is 2.45 bits per heavy atom. The molecule has 0 N–H and O–H groups in total. The van der Waals surface area contributed by atoms with Crippen molar-refractivity contribution in [1.29, 1.82) is 0 Å². The van der Waals surface area contributed by atoms with Crippen molar-refractivity contribution >= 4 is 27.7 Å². The lowest BCUT2D eigenvalue weighted by molar-refractivity contribution is 0.0876. The van der Waals surface area contributed by atoms with Crippen molar-refractivity contribution in [2.75, 3.05) is 12.3 Å². The van der Waals surface area contributed by atoms with Crippen molar-refractivity contribution < 1.29 is 17.6 Å². The second-order valence-electron chi connectivity index (χ2n) is 7.50. The lowest BCUT2D eigenvalue weighted by atomic mass is 10.2. The Morgan fingerprint density at radius 1 is 0.970 bits per heavy atom. The summed E-state index contributed by atoms with van der Waals surface area (Å²) in [5.74, 6) is 1.26. The van der Waals surface area contributed by atoms with Crippen LogP contribution in [0.25, 0.3) is 11.4 Å². The van der Waals surface area contributed by atoms with Gasteiger partial charge in [0.15, 0.2) is 11.0 Å². The molecule has 8 nitrogen and oxygen atoms in total. The molecule has 5 rings (SSSR count). The second kappa shape index (κ2) is 8.53. The smallest absolute Gasteiger partial charge is 0.269 e. The summed E-state index contributed by atoms with van der Waals surface area (Å²) in [5, 5.41) is 9.36. The zero-order chi connectivity index (χ0) is 23.0. The molecule has 0 aliphatic carbocycles. The van der Waals surface area contributed by atoms with E-state index in [-0.39, 0.29) is 17.0 Å². The van der Waals surface area contributed by atoms with Gasteiger partial charge < -0.3 is 4.42 Å². The highest BCUT2D eigenvalue weighted by Crippen LogP contribution is 2.31. The summed E-state index contributed by atoms with van der Waals surface area (Å²) >= 11 is 1.36. The summed E-state index contributed by atoms with van der Waals surface area (Å²) in [6.45, 7) is 2.45. The maximum atomic E-state index is 12.8. The molecule has 10 heteroatoms. The molecule has 0 bridgehead atoms. The molecule has 0 radical (unpaired) electrons. The maximum Gasteiger partial charge on any atom is 0.269 e. The quantitative estimate of drug-likeness (QED) is 0.371. The summed E-state index contributed by atoms with van der Waals surface area (Å²) in [7, 11) is -3.83. The van der Waals surface area contributed by atoms with E-state index in [0.717, 1.165) is 21.2 Å². The summed E-state index contributed by atoms with van der Waals surface area (Å²) in [4.78, 5) is 12.7. The van der Waals surface area contributed by atoms with Crippen LogP contribution in [0.4, 0.5) is 0 Å². The van der Waals surface area contributed by atoms with Gasteiger partial charge in [0.1, 0.15) is 10.7 Å². The lowest BCUT2D eigenvalue weighted by Crippen LogP contribution is -2.32. The molecule has 3 heterocycles. The molecule has 33 heavy (non-hydrogen) atoms. The average molecular weight is 481 g/mol. The molecule has 1 amide bonds. The lowest BCUT2D eigenvalue weighted by Gasteiger charge is -2.15. The van der Waals surface area contributed by atoms with Gasteiger partial charge in [-0.3, -0.25) is 9.36 Å². The van der Waals surface area contributed by atoms with Crippen LogP contribution in [0.1, 0.15) is 21.7 Å². The normalized spacial score (nSPS) is 14.6. The average Bonchev–Trinajstić information content (AvgIpc) is 3.46. The van der Waals surface area contributed by atoms with E-state index in [1.54, 1.807) is 24.5 Å². The van der Waals surface area contributed by atoms with Gasteiger partial charge in [-0.05, 0) is 30.7 Å². The number of aromatic nitrogens is 3. The monoisotopic (exact) mass is 480 g/mol. The minimum absolute atomic E-state index is 0.0405. The summed E-state index contributed by atoms with van der Waals surface area (Å²) in [6.07, 6.45) is 1.61. The van der Waals surface area contributed by atoms with E-state index in [9.17, 15) is 13.2 Å². The number of rotatable bonds is 7. The molecular weight excluding hydrogens is 460 g/mol. The fourth-order valence-corrected chi connectivity index (χ4v) is 6.34. The molecule has 2 aromatic carbocycles. The van der Waals surface area contributed by atoms with E-state index in [1.165, 1.54) is 17.8 Å². The first-order valence-corrected chi connectivity index (χ1v) is 12.7. The van der Waals surface area contributed by atoms with Crippen molar-refractivity contribution in [3.63, 3.8) is 0 Å². The van der Waals surface area contributed by atoms with Gasteiger partial charge >= 0.3 is 0 Å². The van der Waals surface area contributed by atoms with Crippen molar-refractivity contribution in [2.24, 2.45) is 0 Å². The van der Waals surface area contributed by atoms with Gasteiger partial charge in [0.25, 0.3) is 15.9 Å². The molecule has 0 unspecified atom stereocenters. The third-order valence-corrected chi connectivity index (χ3v) is 8.23. The number of benzene rings is 2. The van der Waals surface area contributed by atoms with Crippen molar-refractivity contribution in [3.05, 3.63) is 83.8 Å². The van der Waals surface area contributed by atoms with Crippen LogP contribution in [0, 0.1) is 6.92 Å². The Hall–Kier alpha value is -3.37. The standard InChI is InChI=1S/C23H20N4O4S2/c1-16-18(11-13-31-16)21-24-25-23(26(21)15-17-7-3-2-4-8-17)32-14-12-27-22(28)19-9-5-6-10-20(19)33(27,29)30/h2-11,13H,12,14-15H2,1H3. The van der Waals surface area contributed by atoms with Crippen LogP contribution in [0.5, 0.6) is 0 Å². The minimum atomic E-state index is -3.83. The number of hydrogen-bond donors (Lipinski definition) is 0. The van der Waals surface area contributed by atoms with Crippen LogP contribution in [0.15, 0.2) is 81.4 Å². The number of fused-ring (bicyclic) bond motifs is 1. The summed E-state index contributed by atoms with van der Waals surface area (Å²) in [6, 6.07) is 18.1. The van der Waals surface area contributed by atoms with E-state index in [4.69, 9.17) is 4.42 Å². The third-order valence-electron chi connectivity index (χ3n) is 5.44. The Balaban J connectivity index is 1.39. The van der Waals surface area contributed by atoms with Gasteiger partial charge in [-0.25, -0.2) is 12.7 Å². The number of furan rings is 1. The minimum Gasteiger partial charge on any atom is -0.469 e. The first-order chi connectivity index (χ1) is 16.0. The first-order valence-electron chi connectivity index (χ1n) is 10.3. The molecular formula is C23H20N4O4S2. The first kappa shape index (κ1) is 21.5. The second-order valence-corrected chi connectivity index (χ2v) is 10.4. The summed E-state index contributed by atoms with van der Waals surface area (Å²) in [5.41, 5.74) is 2.14. The molecule has 0 saturated carbocycles. The molecule has 1 aliphatic heterocycles. The van der Waals surface area contributed by atoms with E-state index < -0.39 is 15.9 Å². The highest BCUT2D eigenvalue weighted by Gasteiger charge is 2.40. The SMILES string of the molecule is Cc1occc1-c1nnc(SCCN2C(=O)c3ccccc3S2(=O)=O)n1Cc1ccccc1. The molecule has 4 aromatic rings. The molecule has 0 spiro atoms. The fourth-order valence-electron chi connectivity index (χ4n) is 3.79. The topological polar surface area (TPSA) is 98.3 Å². The Morgan fingerprint density at radius 2 is 1.73 bits per heavy atom. The number of carbonyl (C=O) groups excluding carboxylic acids is 1. The Kier molecular flexibility index (Phi) is 5.55. The Labute approximate surface area is 195 Å². The predicted octanol–water partition coefficient (Wildman–Crippen LogP) is 3.83. The van der Waals surface area contributed by atoms with Crippen LogP contribution in [-0.4, -0.2) is 45.7 Å². The van der Waals surface area contributed by atoms with E-state index in [2.05, 4.69) is 10.2 Å². The predicted molar refractivity (Wildman–Crippen MR) is 123 cm³/mol. The van der Waals surface area contributed by atoms with Crippen LogP contribution in [0.3, 0.4) is 0 Å². The number of sulfonamides is 1. The van der Waals surface area contributed by atoms with Crippen molar-refractivity contribution in [1.82, 2.24) is 19.1 Å². The van der Waals surface area contributed by atoms with Crippen LogP contribution in [0.2, 0.25) is 0 Å². The van der Waals surface area contributed by atoms with Crippen molar-refractivity contribution in [2.45, 2.75) is 23.5 Å². The number of aryl methyl sites for hydroxylation is 1. The zero-order valence-corrected chi connectivity index (χ0v) is 19.3. The highest BCUT2D eigenvalue weighted by atomic mass is 32.2. The number of thioether (sulfide) groups is 1. The zero-order valence-electron chi connectivity index (χ0n) is 17.7. The van der Waals surface area contributed by atoms with Gasteiger partial charge in [-0.15, -0.1) is 10.2 Å². The van der Waals surface area contributed by atoms with Crippen LogP contribution >= 0.6 is 11.8 Å². The summed E-state index contributed by atoms with van der Waals surface area (Å²) < 4.78 is 34.0. The number of hydrogen-bond acceptors (Lipinski definition) is 7. The van der Waals surface area contributed by atoms with Crippen LogP contribution in [-0.2, 0) is 16.6 Å².